The molecule has 2 aliphatic carbocycles. The lowest BCUT2D eigenvalue weighted by Crippen LogP contribution is -2.41. The number of nitrogens with zero attached hydrogens (tertiary/aromatic N) is 1. The molecule has 1 saturated heterocycles. The summed E-state index contributed by atoms with van der Waals surface area (Å²) in [6, 6.07) is 9.41. The largest absolute Gasteiger partial charge is 0.274 e. The summed E-state index contributed by atoms with van der Waals surface area (Å²) in [6.45, 7) is -0.0489. The molecule has 1 aliphatic heterocycles. The molecule has 1 heterocycles. The standard InChI is InChI=1S/C18H18N2O4/c21-14(19-24-10-11-4-2-1-3-5-11)9-20-17(22)15-12-6-7-13(8-12)16(15)18(20)23/h1-7,12-13,15-16H,8-10H2,(H,19,21)/t12-,13-,15+,16+/m0/s1. The first-order valence-corrected chi connectivity index (χ1v) is 8.13. The van der Waals surface area contributed by atoms with Crippen LogP contribution in [0.15, 0.2) is 42.5 Å². The molecule has 0 spiro atoms. The lowest BCUT2D eigenvalue weighted by molar-refractivity contribution is -0.148. The van der Waals surface area contributed by atoms with Crippen LogP contribution < -0.4 is 5.48 Å². The number of carbonyl (C=O) groups is 3. The summed E-state index contributed by atoms with van der Waals surface area (Å²) < 4.78 is 0. The van der Waals surface area contributed by atoms with Gasteiger partial charge in [0.15, 0.2) is 0 Å². The third kappa shape index (κ3) is 2.43. The fraction of sp³-hybridized carbons (Fsp3) is 0.389. The lowest BCUT2D eigenvalue weighted by atomic mass is 9.85. The van der Waals surface area contributed by atoms with Gasteiger partial charge in [-0.2, -0.15) is 0 Å². The van der Waals surface area contributed by atoms with Gasteiger partial charge in [0.1, 0.15) is 6.54 Å². The summed E-state index contributed by atoms with van der Waals surface area (Å²) in [7, 11) is 0. The zero-order valence-corrected chi connectivity index (χ0v) is 13.1. The number of nitrogens with one attached hydrogen (secondary N) is 1. The van der Waals surface area contributed by atoms with Crippen LogP contribution in [0.2, 0.25) is 0 Å². The van der Waals surface area contributed by atoms with Gasteiger partial charge in [-0.3, -0.25) is 24.1 Å². The Labute approximate surface area is 139 Å². The molecular formula is C18H18N2O4. The van der Waals surface area contributed by atoms with Crippen molar-refractivity contribution in [1.82, 2.24) is 10.4 Å². The van der Waals surface area contributed by atoms with Crippen molar-refractivity contribution in [2.75, 3.05) is 6.54 Å². The van der Waals surface area contributed by atoms with Crippen LogP contribution in [0, 0.1) is 23.7 Å². The van der Waals surface area contributed by atoms with Gasteiger partial charge in [-0.05, 0) is 23.8 Å². The van der Waals surface area contributed by atoms with E-state index in [1.165, 1.54) is 0 Å². The van der Waals surface area contributed by atoms with Gasteiger partial charge in [0, 0.05) is 0 Å². The molecule has 124 valence electrons. The quantitative estimate of drug-likeness (QED) is 0.498. The number of hydroxylamine groups is 1. The Hall–Kier alpha value is -2.47. The predicted molar refractivity (Wildman–Crippen MR) is 83.8 cm³/mol. The minimum atomic E-state index is -0.493. The number of fused-ring (bicyclic) bond motifs is 5. The van der Waals surface area contributed by atoms with Gasteiger partial charge in [0.05, 0.1) is 18.4 Å². The summed E-state index contributed by atoms with van der Waals surface area (Å²) in [5.41, 5.74) is 3.22. The molecule has 1 N–H and O–H groups in total. The number of rotatable bonds is 5. The molecule has 0 aromatic heterocycles. The van der Waals surface area contributed by atoms with Crippen molar-refractivity contribution in [2.45, 2.75) is 13.0 Å². The van der Waals surface area contributed by atoms with E-state index in [2.05, 4.69) is 5.48 Å². The Bertz CT molecular complexity index is 685. The summed E-state index contributed by atoms with van der Waals surface area (Å²) in [5.74, 6) is -1.18. The van der Waals surface area contributed by atoms with Crippen molar-refractivity contribution in [1.29, 1.82) is 0 Å². The maximum Gasteiger partial charge on any atom is 0.263 e. The molecule has 4 atom stereocenters. The van der Waals surface area contributed by atoms with Gasteiger partial charge < -0.3 is 0 Å². The van der Waals surface area contributed by atoms with Crippen molar-refractivity contribution in [3.63, 3.8) is 0 Å². The van der Waals surface area contributed by atoms with E-state index in [9.17, 15) is 14.4 Å². The molecule has 1 aromatic carbocycles. The first kappa shape index (κ1) is 15.1. The SMILES string of the molecule is O=C(CN1C(=O)[C@H]2[C@H](C1=O)[C@H]1C=C[C@H]2C1)NOCc1ccccc1. The summed E-state index contributed by atoms with van der Waals surface area (Å²) in [4.78, 5) is 43.2. The van der Waals surface area contributed by atoms with Crippen molar-refractivity contribution >= 4 is 17.7 Å². The van der Waals surface area contributed by atoms with Crippen LogP contribution >= 0.6 is 0 Å². The van der Waals surface area contributed by atoms with Gasteiger partial charge in [-0.1, -0.05) is 42.5 Å². The molecule has 3 aliphatic rings. The highest BCUT2D eigenvalue weighted by Gasteiger charge is 2.59. The van der Waals surface area contributed by atoms with E-state index in [1.807, 2.05) is 42.5 Å². The zero-order chi connectivity index (χ0) is 16.7. The second-order valence-corrected chi connectivity index (χ2v) is 6.56. The smallest absolute Gasteiger partial charge is 0.263 e. The average Bonchev–Trinajstić information content (AvgIpc) is 3.26. The van der Waals surface area contributed by atoms with Crippen LogP contribution in [-0.2, 0) is 25.8 Å². The van der Waals surface area contributed by atoms with E-state index in [-0.39, 0.29) is 48.6 Å². The molecule has 1 saturated carbocycles. The van der Waals surface area contributed by atoms with Crippen molar-refractivity contribution in [2.24, 2.45) is 23.7 Å². The fourth-order valence-corrected chi connectivity index (χ4v) is 4.07. The van der Waals surface area contributed by atoms with Crippen molar-refractivity contribution in [3.05, 3.63) is 48.0 Å². The minimum Gasteiger partial charge on any atom is -0.274 e. The molecule has 3 amide bonds. The maximum atomic E-state index is 12.5. The predicted octanol–water partition coefficient (Wildman–Crippen LogP) is 1.04. The lowest BCUT2D eigenvalue weighted by Gasteiger charge is -2.16. The van der Waals surface area contributed by atoms with E-state index >= 15 is 0 Å². The zero-order valence-electron chi connectivity index (χ0n) is 13.1. The van der Waals surface area contributed by atoms with Crippen LogP contribution in [0.5, 0.6) is 0 Å². The molecule has 6 heteroatoms. The highest BCUT2D eigenvalue weighted by Crippen LogP contribution is 2.52. The second-order valence-electron chi connectivity index (χ2n) is 6.56. The van der Waals surface area contributed by atoms with Crippen LogP contribution in [0.3, 0.4) is 0 Å². The Morgan fingerprint density at radius 1 is 1.08 bits per heavy atom. The summed E-state index contributed by atoms with van der Waals surface area (Å²) in [6.07, 6.45) is 4.94. The molecule has 2 fully saturated rings. The highest BCUT2D eigenvalue weighted by molar-refractivity contribution is 6.08. The number of allylic oxidation sites excluding steroid dienone is 2. The van der Waals surface area contributed by atoms with E-state index in [0.717, 1.165) is 16.9 Å². The van der Waals surface area contributed by atoms with Crippen LogP contribution in [0.1, 0.15) is 12.0 Å². The normalized spacial score (nSPS) is 30.1. The number of hydrogen-bond donors (Lipinski definition) is 1. The monoisotopic (exact) mass is 326 g/mol. The van der Waals surface area contributed by atoms with Gasteiger partial charge in [0.2, 0.25) is 11.8 Å². The Balaban J connectivity index is 1.32. The Morgan fingerprint density at radius 2 is 1.71 bits per heavy atom. The highest BCUT2D eigenvalue weighted by atomic mass is 16.6. The van der Waals surface area contributed by atoms with Crippen LogP contribution in [0.25, 0.3) is 0 Å². The topological polar surface area (TPSA) is 75.7 Å². The van der Waals surface area contributed by atoms with E-state index in [0.29, 0.717) is 0 Å². The number of amides is 3. The number of carbonyl (C=O) groups excluding carboxylic acids is 3. The van der Waals surface area contributed by atoms with Crippen LogP contribution in [0.4, 0.5) is 0 Å². The third-order valence-corrected chi connectivity index (χ3v) is 5.13. The molecule has 0 radical (unpaired) electrons. The third-order valence-electron chi connectivity index (χ3n) is 5.13. The van der Waals surface area contributed by atoms with Crippen LogP contribution in [-0.4, -0.2) is 29.2 Å². The Kier molecular flexibility index (Phi) is 3.69. The fourth-order valence-electron chi connectivity index (χ4n) is 4.07. The van der Waals surface area contributed by atoms with E-state index in [1.54, 1.807) is 0 Å². The minimum absolute atomic E-state index is 0.152. The Morgan fingerprint density at radius 3 is 2.33 bits per heavy atom. The number of hydrogen-bond acceptors (Lipinski definition) is 4. The van der Waals surface area contributed by atoms with E-state index < -0.39 is 5.91 Å². The summed E-state index contributed by atoms with van der Waals surface area (Å²) in [5, 5.41) is 0. The average molecular weight is 326 g/mol. The first-order valence-electron chi connectivity index (χ1n) is 8.13. The molecule has 0 unspecified atom stereocenters. The second kappa shape index (κ2) is 5.87. The van der Waals surface area contributed by atoms with E-state index in [4.69, 9.17) is 4.84 Å². The molecule has 1 aromatic rings. The van der Waals surface area contributed by atoms with Gasteiger partial charge in [0.25, 0.3) is 5.91 Å². The summed E-state index contributed by atoms with van der Waals surface area (Å²) >= 11 is 0. The molecule has 6 nitrogen and oxygen atoms in total. The number of likely N-dealkylation sites (tertiary alicyclic amines) is 1. The van der Waals surface area contributed by atoms with Gasteiger partial charge in [-0.15, -0.1) is 0 Å². The molecular weight excluding hydrogens is 308 g/mol. The van der Waals surface area contributed by atoms with Gasteiger partial charge >= 0.3 is 0 Å². The molecule has 2 bridgehead atoms. The maximum absolute atomic E-state index is 12.5. The van der Waals surface area contributed by atoms with Gasteiger partial charge in [-0.25, -0.2) is 5.48 Å². The number of benzene rings is 1. The van der Waals surface area contributed by atoms with Crippen molar-refractivity contribution in [3.8, 4) is 0 Å². The number of imide groups is 1. The first-order chi connectivity index (χ1) is 11.6. The molecule has 4 rings (SSSR count). The molecule has 24 heavy (non-hydrogen) atoms. The van der Waals surface area contributed by atoms with Crippen molar-refractivity contribution < 1.29 is 19.2 Å².